The molecule has 0 saturated heterocycles. The maximum absolute atomic E-state index is 11.7. The molecule has 0 saturated carbocycles. The molecular weight excluding hydrogens is 220 g/mol. The summed E-state index contributed by atoms with van der Waals surface area (Å²) in [7, 11) is 1.52. The zero-order chi connectivity index (χ0) is 12.4. The minimum Gasteiger partial charge on any atom is -0.479 e. The van der Waals surface area contributed by atoms with E-state index in [1.807, 2.05) is 4.90 Å². The van der Waals surface area contributed by atoms with Crippen LogP contribution in [0.1, 0.15) is 20.3 Å². The van der Waals surface area contributed by atoms with E-state index in [0.717, 1.165) is 12.2 Å². The Balaban J connectivity index is 2.46. The van der Waals surface area contributed by atoms with Gasteiger partial charge in [-0.1, -0.05) is 6.92 Å². The molecule has 0 bridgehead atoms. The van der Waals surface area contributed by atoms with Crippen molar-refractivity contribution in [2.75, 3.05) is 23.9 Å². The van der Waals surface area contributed by atoms with Gasteiger partial charge in [0.1, 0.15) is 12.0 Å². The summed E-state index contributed by atoms with van der Waals surface area (Å²) in [6, 6.07) is 0.249. The first-order valence-corrected chi connectivity index (χ1v) is 5.62. The number of amides is 1. The molecule has 6 heteroatoms. The van der Waals surface area contributed by atoms with Crippen LogP contribution >= 0.6 is 0 Å². The lowest BCUT2D eigenvalue weighted by molar-refractivity contribution is -0.115. The molecule has 1 aromatic rings. The quantitative estimate of drug-likeness (QED) is 0.849. The molecule has 17 heavy (non-hydrogen) atoms. The molecule has 1 aliphatic rings. The summed E-state index contributed by atoms with van der Waals surface area (Å²) < 4.78 is 5.13. The lowest BCUT2D eigenvalue weighted by atomic mass is 10.2. The van der Waals surface area contributed by atoms with Crippen LogP contribution in [-0.4, -0.2) is 35.6 Å². The predicted octanol–water partition coefficient (Wildman–Crippen LogP) is 1.04. The average Bonchev–Trinajstić information content (AvgIpc) is 2.36. The van der Waals surface area contributed by atoms with Gasteiger partial charge in [-0.05, 0) is 13.3 Å². The Hall–Kier alpha value is -1.85. The lowest BCUT2D eigenvalue weighted by Gasteiger charge is -2.34. The van der Waals surface area contributed by atoms with Gasteiger partial charge in [0.05, 0.1) is 13.7 Å². The van der Waals surface area contributed by atoms with Gasteiger partial charge in [0.15, 0.2) is 5.82 Å². The number of fused-ring (bicyclic) bond motifs is 1. The van der Waals surface area contributed by atoms with Crippen LogP contribution in [0.3, 0.4) is 0 Å². The molecule has 2 heterocycles. The Bertz CT molecular complexity index is 435. The summed E-state index contributed by atoms with van der Waals surface area (Å²) in [5.74, 6) is 1.06. The van der Waals surface area contributed by atoms with Gasteiger partial charge in [0.25, 0.3) is 0 Å². The van der Waals surface area contributed by atoms with E-state index in [9.17, 15) is 4.79 Å². The van der Waals surface area contributed by atoms with Gasteiger partial charge in [0.2, 0.25) is 11.8 Å². The number of anilines is 2. The van der Waals surface area contributed by atoms with E-state index in [1.165, 1.54) is 13.4 Å². The van der Waals surface area contributed by atoms with Crippen LogP contribution in [0.2, 0.25) is 0 Å². The standard InChI is InChI=1S/C11H16N4O2/c1-4-7(2)15-5-8(16)14-9-10(15)12-6-13-11(9)17-3/h6-7H,4-5H2,1-3H3,(H,14,16). The molecule has 1 atom stereocenters. The zero-order valence-electron chi connectivity index (χ0n) is 10.2. The van der Waals surface area contributed by atoms with Gasteiger partial charge in [-0.15, -0.1) is 0 Å². The summed E-state index contributed by atoms with van der Waals surface area (Å²) in [6.45, 7) is 4.47. The van der Waals surface area contributed by atoms with Crippen molar-refractivity contribution in [1.29, 1.82) is 0 Å². The van der Waals surface area contributed by atoms with E-state index in [-0.39, 0.29) is 11.9 Å². The van der Waals surface area contributed by atoms with Crippen molar-refractivity contribution in [2.24, 2.45) is 0 Å². The molecule has 1 aliphatic heterocycles. The number of nitrogens with one attached hydrogen (secondary N) is 1. The molecule has 2 rings (SSSR count). The molecular formula is C11H16N4O2. The van der Waals surface area contributed by atoms with Crippen LogP contribution in [-0.2, 0) is 4.79 Å². The normalized spacial score (nSPS) is 16.2. The topological polar surface area (TPSA) is 67.4 Å². The molecule has 0 fully saturated rings. The molecule has 0 aliphatic carbocycles. The highest BCUT2D eigenvalue weighted by Gasteiger charge is 2.29. The minimum atomic E-state index is -0.0640. The van der Waals surface area contributed by atoms with Gasteiger partial charge >= 0.3 is 0 Å². The third-order valence-electron chi connectivity index (χ3n) is 2.96. The second-order valence-corrected chi connectivity index (χ2v) is 4.01. The van der Waals surface area contributed by atoms with Crippen molar-refractivity contribution < 1.29 is 9.53 Å². The SMILES string of the molecule is CCC(C)N1CC(=O)Nc2c(OC)ncnc21. The smallest absolute Gasteiger partial charge is 0.244 e. The summed E-state index contributed by atoms with van der Waals surface area (Å²) in [6.07, 6.45) is 2.39. The van der Waals surface area contributed by atoms with E-state index in [4.69, 9.17) is 4.74 Å². The lowest BCUT2D eigenvalue weighted by Crippen LogP contribution is -2.44. The van der Waals surface area contributed by atoms with E-state index in [2.05, 4.69) is 29.1 Å². The molecule has 1 N–H and O–H groups in total. The van der Waals surface area contributed by atoms with E-state index >= 15 is 0 Å². The largest absolute Gasteiger partial charge is 0.479 e. The number of ether oxygens (including phenoxy) is 1. The molecule has 6 nitrogen and oxygen atoms in total. The number of hydrogen-bond donors (Lipinski definition) is 1. The highest BCUT2D eigenvalue weighted by atomic mass is 16.5. The monoisotopic (exact) mass is 236 g/mol. The first-order chi connectivity index (χ1) is 8.17. The van der Waals surface area contributed by atoms with E-state index in [1.54, 1.807) is 0 Å². The first kappa shape index (κ1) is 11.6. The number of carbonyl (C=O) groups is 1. The van der Waals surface area contributed by atoms with Crippen LogP contribution in [0.4, 0.5) is 11.5 Å². The number of methoxy groups -OCH3 is 1. The Morgan fingerprint density at radius 2 is 2.35 bits per heavy atom. The van der Waals surface area contributed by atoms with Gasteiger partial charge in [0, 0.05) is 6.04 Å². The van der Waals surface area contributed by atoms with E-state index < -0.39 is 0 Å². The third-order valence-corrected chi connectivity index (χ3v) is 2.96. The second kappa shape index (κ2) is 4.57. The van der Waals surface area contributed by atoms with Crippen LogP contribution in [0.25, 0.3) is 0 Å². The maximum atomic E-state index is 11.7. The highest BCUT2D eigenvalue weighted by molar-refractivity contribution is 6.01. The van der Waals surface area contributed by atoms with Gasteiger partial charge in [-0.2, -0.15) is 4.98 Å². The van der Waals surface area contributed by atoms with Crippen LogP contribution < -0.4 is 15.0 Å². The van der Waals surface area contributed by atoms with Gasteiger partial charge < -0.3 is 15.0 Å². The molecule has 92 valence electrons. The van der Waals surface area contributed by atoms with Crippen molar-refractivity contribution in [3.8, 4) is 5.88 Å². The Labute approximate surface area is 100 Å². The average molecular weight is 236 g/mol. The molecule has 0 aromatic carbocycles. The second-order valence-electron chi connectivity index (χ2n) is 4.01. The number of hydrogen-bond acceptors (Lipinski definition) is 5. The van der Waals surface area contributed by atoms with Crippen molar-refractivity contribution in [2.45, 2.75) is 26.3 Å². The summed E-state index contributed by atoms with van der Waals surface area (Å²) in [5.41, 5.74) is 0.562. The maximum Gasteiger partial charge on any atom is 0.244 e. The fraction of sp³-hybridized carbons (Fsp3) is 0.545. The highest BCUT2D eigenvalue weighted by Crippen LogP contribution is 2.34. The number of carbonyl (C=O) groups excluding carboxylic acids is 1. The number of rotatable bonds is 3. The molecule has 0 radical (unpaired) electrons. The van der Waals surface area contributed by atoms with Crippen molar-refractivity contribution in [3.63, 3.8) is 0 Å². The minimum absolute atomic E-state index is 0.0640. The zero-order valence-corrected chi connectivity index (χ0v) is 10.2. The van der Waals surface area contributed by atoms with Crippen LogP contribution in [0.5, 0.6) is 5.88 Å². The van der Waals surface area contributed by atoms with Crippen LogP contribution in [0.15, 0.2) is 6.33 Å². The molecule has 1 amide bonds. The Morgan fingerprint density at radius 3 is 3.00 bits per heavy atom. The van der Waals surface area contributed by atoms with Gasteiger partial charge in [-0.3, -0.25) is 4.79 Å². The fourth-order valence-corrected chi connectivity index (χ4v) is 1.84. The van der Waals surface area contributed by atoms with Gasteiger partial charge in [-0.25, -0.2) is 4.98 Å². The Kier molecular flexibility index (Phi) is 3.12. The number of nitrogens with zero attached hydrogens (tertiary/aromatic N) is 3. The summed E-state index contributed by atoms with van der Waals surface area (Å²) in [4.78, 5) is 21.9. The molecule has 1 aromatic heterocycles. The fourth-order valence-electron chi connectivity index (χ4n) is 1.84. The molecule has 1 unspecified atom stereocenters. The predicted molar refractivity (Wildman–Crippen MR) is 64.3 cm³/mol. The first-order valence-electron chi connectivity index (χ1n) is 5.62. The summed E-state index contributed by atoms with van der Waals surface area (Å²) >= 11 is 0. The van der Waals surface area contributed by atoms with Crippen LogP contribution in [0, 0.1) is 0 Å². The van der Waals surface area contributed by atoms with Crippen molar-refractivity contribution >= 4 is 17.4 Å². The number of aromatic nitrogens is 2. The van der Waals surface area contributed by atoms with E-state index in [0.29, 0.717) is 18.1 Å². The molecule has 0 spiro atoms. The van der Waals surface area contributed by atoms with Crippen molar-refractivity contribution in [1.82, 2.24) is 9.97 Å². The third kappa shape index (κ3) is 2.02. The van der Waals surface area contributed by atoms with Crippen molar-refractivity contribution in [3.05, 3.63) is 6.33 Å². The summed E-state index contributed by atoms with van der Waals surface area (Å²) in [5, 5.41) is 2.76. The Morgan fingerprint density at radius 1 is 1.59 bits per heavy atom.